The van der Waals surface area contributed by atoms with E-state index in [4.69, 9.17) is 16.3 Å². The highest BCUT2D eigenvalue weighted by Gasteiger charge is 2.25. The van der Waals surface area contributed by atoms with Crippen molar-refractivity contribution < 1.29 is 9.53 Å². The Labute approximate surface area is 173 Å². The largest absolute Gasteiger partial charge is 0.492 e. The number of benzene rings is 2. The molecule has 4 rings (SSSR count). The van der Waals surface area contributed by atoms with Crippen LogP contribution in [0.1, 0.15) is 24.1 Å². The maximum atomic E-state index is 12.8. The summed E-state index contributed by atoms with van der Waals surface area (Å²) in [6.07, 6.45) is 1.61. The summed E-state index contributed by atoms with van der Waals surface area (Å²) in [5, 5.41) is 3.75. The number of rotatable bonds is 6. The molecular formula is C22H22ClN3O3. The quantitative estimate of drug-likeness (QED) is 0.630. The number of aromatic nitrogens is 2. The molecule has 2 heterocycles. The van der Waals surface area contributed by atoms with Crippen LogP contribution in [0, 0.1) is 0 Å². The number of para-hydroxylation sites is 2. The Morgan fingerprint density at radius 1 is 1.10 bits per heavy atom. The summed E-state index contributed by atoms with van der Waals surface area (Å²) in [6, 6.07) is 16.7. The van der Waals surface area contributed by atoms with Crippen LogP contribution in [-0.2, 0) is 17.8 Å². The van der Waals surface area contributed by atoms with Crippen molar-refractivity contribution in [3.8, 4) is 11.4 Å². The van der Waals surface area contributed by atoms with Crippen LogP contribution >= 0.6 is 11.6 Å². The normalized spacial score (nSPS) is 13.2. The fourth-order valence-electron chi connectivity index (χ4n) is 3.50. The third kappa shape index (κ3) is 4.22. The van der Waals surface area contributed by atoms with Crippen LogP contribution in [0.4, 0.5) is 0 Å². The van der Waals surface area contributed by atoms with Gasteiger partial charge in [0.25, 0.3) is 5.56 Å². The smallest absolute Gasteiger partial charge is 0.276 e. The SMILES string of the molecule is O=C(CCCOc1ccccc1Cl)N1CCc2[nH]n(-c3ccccc3)c(=O)c2C1. The summed E-state index contributed by atoms with van der Waals surface area (Å²) in [5.74, 6) is 0.656. The highest BCUT2D eigenvalue weighted by molar-refractivity contribution is 6.32. The molecule has 0 spiro atoms. The molecular weight excluding hydrogens is 390 g/mol. The summed E-state index contributed by atoms with van der Waals surface area (Å²) < 4.78 is 7.19. The van der Waals surface area contributed by atoms with Gasteiger partial charge in [-0.3, -0.25) is 14.7 Å². The first-order valence-electron chi connectivity index (χ1n) is 9.67. The van der Waals surface area contributed by atoms with Crippen molar-refractivity contribution in [2.75, 3.05) is 13.2 Å². The third-order valence-corrected chi connectivity index (χ3v) is 5.36. The van der Waals surface area contributed by atoms with Gasteiger partial charge < -0.3 is 9.64 Å². The Kier molecular flexibility index (Phi) is 5.71. The zero-order chi connectivity index (χ0) is 20.2. The molecule has 1 N–H and O–H groups in total. The van der Waals surface area contributed by atoms with E-state index in [9.17, 15) is 9.59 Å². The lowest BCUT2D eigenvalue weighted by Crippen LogP contribution is -2.37. The molecule has 0 fully saturated rings. The number of amides is 1. The number of carbonyl (C=O) groups is 1. The predicted octanol–water partition coefficient (Wildman–Crippen LogP) is 3.56. The van der Waals surface area contributed by atoms with Crippen molar-refractivity contribution in [3.63, 3.8) is 0 Å². The number of fused-ring (bicyclic) bond motifs is 1. The van der Waals surface area contributed by atoms with Gasteiger partial charge in [0.15, 0.2) is 0 Å². The number of halogens is 1. The highest BCUT2D eigenvalue weighted by Crippen LogP contribution is 2.23. The number of carbonyl (C=O) groups excluding carboxylic acids is 1. The van der Waals surface area contributed by atoms with Crippen molar-refractivity contribution in [1.29, 1.82) is 0 Å². The van der Waals surface area contributed by atoms with Crippen molar-refractivity contribution in [3.05, 3.63) is 81.2 Å². The molecule has 0 saturated heterocycles. The molecule has 1 amide bonds. The average molecular weight is 412 g/mol. The molecule has 7 heteroatoms. The Morgan fingerprint density at radius 3 is 2.66 bits per heavy atom. The van der Waals surface area contributed by atoms with E-state index in [1.54, 1.807) is 21.7 Å². The summed E-state index contributed by atoms with van der Waals surface area (Å²) in [5.41, 5.74) is 2.28. The molecule has 0 saturated carbocycles. The third-order valence-electron chi connectivity index (χ3n) is 5.05. The van der Waals surface area contributed by atoms with Gasteiger partial charge in [-0.1, -0.05) is 41.9 Å². The second kappa shape index (κ2) is 8.57. The molecule has 0 bridgehead atoms. The van der Waals surface area contributed by atoms with E-state index >= 15 is 0 Å². The van der Waals surface area contributed by atoms with Crippen LogP contribution in [0.25, 0.3) is 5.69 Å². The van der Waals surface area contributed by atoms with Crippen LogP contribution in [-0.4, -0.2) is 33.7 Å². The Hall–Kier alpha value is -2.99. The first kappa shape index (κ1) is 19.3. The minimum absolute atomic E-state index is 0.0327. The van der Waals surface area contributed by atoms with Crippen LogP contribution < -0.4 is 10.3 Å². The van der Waals surface area contributed by atoms with Crippen molar-refractivity contribution in [2.45, 2.75) is 25.8 Å². The number of H-pyrrole nitrogens is 1. The summed E-state index contributed by atoms with van der Waals surface area (Å²) in [7, 11) is 0. The fourth-order valence-corrected chi connectivity index (χ4v) is 3.69. The number of hydrogen-bond acceptors (Lipinski definition) is 3. The Bertz CT molecular complexity index is 1060. The van der Waals surface area contributed by atoms with E-state index < -0.39 is 0 Å². The fraction of sp³-hybridized carbons (Fsp3) is 0.273. The van der Waals surface area contributed by atoms with Crippen LogP contribution in [0.3, 0.4) is 0 Å². The van der Waals surface area contributed by atoms with Gasteiger partial charge in [-0.15, -0.1) is 0 Å². The molecule has 29 heavy (non-hydrogen) atoms. The second-order valence-electron chi connectivity index (χ2n) is 6.99. The molecule has 1 aromatic heterocycles. The molecule has 0 unspecified atom stereocenters. The molecule has 150 valence electrons. The van der Waals surface area contributed by atoms with Crippen LogP contribution in [0.15, 0.2) is 59.4 Å². The number of nitrogens with zero attached hydrogens (tertiary/aromatic N) is 2. The van der Waals surface area contributed by atoms with Gasteiger partial charge in [-0.25, -0.2) is 4.68 Å². The first-order valence-corrected chi connectivity index (χ1v) is 10.0. The molecule has 2 aromatic carbocycles. The van der Waals surface area contributed by atoms with Crippen molar-refractivity contribution in [2.24, 2.45) is 0 Å². The lowest BCUT2D eigenvalue weighted by Gasteiger charge is -2.26. The number of ether oxygens (including phenoxy) is 1. The Morgan fingerprint density at radius 2 is 1.86 bits per heavy atom. The summed E-state index contributed by atoms with van der Waals surface area (Å²) >= 11 is 6.06. The molecule has 1 aliphatic heterocycles. The maximum absolute atomic E-state index is 12.8. The van der Waals surface area contributed by atoms with Gasteiger partial charge in [0.2, 0.25) is 5.91 Å². The summed E-state index contributed by atoms with van der Waals surface area (Å²) in [4.78, 5) is 27.1. The van der Waals surface area contributed by atoms with Gasteiger partial charge in [0, 0.05) is 25.1 Å². The number of hydrogen-bond donors (Lipinski definition) is 1. The van der Waals surface area contributed by atoms with E-state index in [2.05, 4.69) is 5.10 Å². The average Bonchev–Trinajstić information content (AvgIpc) is 3.09. The molecule has 3 aromatic rings. The second-order valence-corrected chi connectivity index (χ2v) is 7.40. The van der Waals surface area contributed by atoms with E-state index in [-0.39, 0.29) is 11.5 Å². The van der Waals surface area contributed by atoms with Crippen LogP contribution in [0.2, 0.25) is 5.02 Å². The molecule has 1 aliphatic rings. The lowest BCUT2D eigenvalue weighted by molar-refractivity contribution is -0.132. The van der Waals surface area contributed by atoms with Crippen LogP contribution in [0.5, 0.6) is 5.75 Å². The number of aromatic amines is 1. The predicted molar refractivity (Wildman–Crippen MR) is 112 cm³/mol. The van der Waals surface area contributed by atoms with Crippen molar-refractivity contribution >= 4 is 17.5 Å². The van der Waals surface area contributed by atoms with E-state index in [0.717, 1.165) is 11.4 Å². The number of nitrogens with one attached hydrogen (secondary N) is 1. The van der Waals surface area contributed by atoms with Crippen molar-refractivity contribution in [1.82, 2.24) is 14.7 Å². The molecule has 6 nitrogen and oxygen atoms in total. The van der Waals surface area contributed by atoms with E-state index in [1.165, 1.54) is 0 Å². The van der Waals surface area contributed by atoms with Gasteiger partial charge in [-0.05, 0) is 30.7 Å². The topological polar surface area (TPSA) is 67.3 Å². The van der Waals surface area contributed by atoms with Gasteiger partial charge in [0.1, 0.15) is 5.75 Å². The summed E-state index contributed by atoms with van der Waals surface area (Å²) in [6.45, 7) is 1.36. The monoisotopic (exact) mass is 411 g/mol. The minimum atomic E-state index is -0.0919. The lowest BCUT2D eigenvalue weighted by atomic mass is 10.1. The van der Waals surface area contributed by atoms with Gasteiger partial charge in [-0.2, -0.15) is 0 Å². The zero-order valence-corrected chi connectivity index (χ0v) is 16.7. The minimum Gasteiger partial charge on any atom is -0.492 e. The standard InChI is InChI=1S/C22H22ClN3O3/c23-18-9-4-5-10-20(18)29-14-6-11-21(27)25-13-12-19-17(15-25)22(28)26(24-19)16-7-2-1-3-8-16/h1-5,7-10,24H,6,11-15H2. The van der Waals surface area contributed by atoms with E-state index in [1.807, 2.05) is 42.5 Å². The maximum Gasteiger partial charge on any atom is 0.276 e. The first-order chi connectivity index (χ1) is 14.1. The Balaban J connectivity index is 1.35. The molecule has 0 atom stereocenters. The highest BCUT2D eigenvalue weighted by atomic mass is 35.5. The molecule has 0 aliphatic carbocycles. The van der Waals surface area contributed by atoms with Gasteiger partial charge >= 0.3 is 0 Å². The zero-order valence-electron chi connectivity index (χ0n) is 15.9. The van der Waals surface area contributed by atoms with Gasteiger partial charge in [0.05, 0.1) is 29.4 Å². The van der Waals surface area contributed by atoms with E-state index in [0.29, 0.717) is 55.3 Å². The molecule has 0 radical (unpaired) electrons.